The van der Waals surface area contributed by atoms with Gasteiger partial charge in [-0.3, -0.25) is 4.79 Å². The van der Waals surface area contributed by atoms with Gasteiger partial charge in [0.2, 0.25) is 5.91 Å². The maximum absolute atomic E-state index is 12.1. The van der Waals surface area contributed by atoms with Crippen LogP contribution in [0.4, 0.5) is 13.2 Å². The zero-order valence-corrected chi connectivity index (χ0v) is 15.6. The molecule has 0 saturated carbocycles. The van der Waals surface area contributed by atoms with E-state index in [2.05, 4.69) is 22.3 Å². The molecular weight excluding hydrogens is 369 g/mol. The van der Waals surface area contributed by atoms with Gasteiger partial charge in [0.15, 0.2) is 6.61 Å². The Morgan fingerprint density at radius 1 is 1.27 bits per heavy atom. The molecule has 1 saturated heterocycles. The summed E-state index contributed by atoms with van der Waals surface area (Å²) < 4.78 is 40.9. The molecule has 1 aromatic rings. The number of halogens is 4. The number of carbonyl (C=O) groups excluding carboxylic acids is 1. The van der Waals surface area contributed by atoms with Crippen LogP contribution in [0.3, 0.4) is 0 Å². The number of nitrogens with one attached hydrogen (secondary N) is 2. The number of rotatable bonds is 7. The minimum Gasteiger partial charge on any atom is -0.484 e. The summed E-state index contributed by atoms with van der Waals surface area (Å²) in [5.74, 6) is 1.09. The molecule has 1 heterocycles. The number of hydrogen-bond acceptors (Lipinski definition) is 3. The van der Waals surface area contributed by atoms with Gasteiger partial charge in [-0.05, 0) is 55.5 Å². The fourth-order valence-corrected chi connectivity index (χ4v) is 3.01. The third kappa shape index (κ3) is 8.27. The lowest BCUT2D eigenvalue weighted by molar-refractivity contribution is -0.153. The zero-order valence-electron chi connectivity index (χ0n) is 14.8. The molecule has 0 bridgehead atoms. The average molecular weight is 395 g/mol. The summed E-state index contributed by atoms with van der Waals surface area (Å²) in [6.45, 7) is 3.19. The van der Waals surface area contributed by atoms with Crippen molar-refractivity contribution in [2.45, 2.75) is 38.9 Å². The Kier molecular flexibility index (Phi) is 9.22. The number of carbonyl (C=O) groups is 1. The van der Waals surface area contributed by atoms with Crippen LogP contribution >= 0.6 is 12.4 Å². The molecule has 1 aliphatic rings. The van der Waals surface area contributed by atoms with Crippen molar-refractivity contribution in [3.8, 4) is 5.75 Å². The normalized spacial score (nSPS) is 16.5. The van der Waals surface area contributed by atoms with Crippen LogP contribution in [0.2, 0.25) is 0 Å². The first-order valence-corrected chi connectivity index (χ1v) is 8.59. The van der Waals surface area contributed by atoms with Crippen LogP contribution in [0.25, 0.3) is 0 Å². The minimum atomic E-state index is -4.35. The van der Waals surface area contributed by atoms with E-state index in [9.17, 15) is 18.0 Å². The van der Waals surface area contributed by atoms with Crippen molar-refractivity contribution in [2.75, 3.05) is 19.7 Å². The van der Waals surface area contributed by atoms with Crippen molar-refractivity contribution >= 4 is 18.3 Å². The number of benzene rings is 1. The molecule has 1 aromatic carbocycles. The number of alkyl halides is 3. The Morgan fingerprint density at radius 3 is 2.46 bits per heavy atom. The number of ether oxygens (including phenoxy) is 1. The summed E-state index contributed by atoms with van der Waals surface area (Å²) >= 11 is 0. The third-order valence-electron chi connectivity index (χ3n) is 4.51. The number of hydrogen-bond donors (Lipinski definition) is 2. The van der Waals surface area contributed by atoms with Crippen molar-refractivity contribution in [1.29, 1.82) is 0 Å². The van der Waals surface area contributed by atoms with Crippen molar-refractivity contribution in [3.05, 3.63) is 29.8 Å². The first kappa shape index (κ1) is 22.6. The van der Waals surface area contributed by atoms with E-state index in [0.717, 1.165) is 31.5 Å². The molecule has 1 fully saturated rings. The zero-order chi connectivity index (χ0) is 18.3. The fourth-order valence-electron chi connectivity index (χ4n) is 3.01. The molecule has 8 heteroatoms. The lowest BCUT2D eigenvalue weighted by Gasteiger charge is -2.27. The molecule has 1 aliphatic heterocycles. The maximum atomic E-state index is 12.1. The quantitative estimate of drug-likeness (QED) is 0.741. The molecule has 0 radical (unpaired) electrons. The predicted octanol–water partition coefficient (Wildman–Crippen LogP) is 3.69. The van der Waals surface area contributed by atoms with Crippen molar-refractivity contribution < 1.29 is 22.7 Å². The van der Waals surface area contributed by atoms with Gasteiger partial charge >= 0.3 is 6.18 Å². The predicted molar refractivity (Wildman–Crippen MR) is 96.5 cm³/mol. The number of piperidine rings is 1. The summed E-state index contributed by atoms with van der Waals surface area (Å²) in [4.78, 5) is 12.1. The van der Waals surface area contributed by atoms with E-state index in [1.165, 1.54) is 12.1 Å². The molecule has 2 rings (SSSR count). The van der Waals surface area contributed by atoms with Crippen LogP contribution in [0, 0.1) is 11.8 Å². The lowest BCUT2D eigenvalue weighted by atomic mass is 9.84. The molecule has 148 valence electrons. The van der Waals surface area contributed by atoms with E-state index in [0.29, 0.717) is 24.8 Å². The second-order valence-corrected chi connectivity index (χ2v) is 6.59. The van der Waals surface area contributed by atoms with Gasteiger partial charge < -0.3 is 15.4 Å². The van der Waals surface area contributed by atoms with Crippen LogP contribution in [0.15, 0.2) is 24.3 Å². The van der Waals surface area contributed by atoms with Crippen molar-refractivity contribution in [3.63, 3.8) is 0 Å². The van der Waals surface area contributed by atoms with Gasteiger partial charge in [0.05, 0.1) is 0 Å². The van der Waals surface area contributed by atoms with Gasteiger partial charge in [-0.15, -0.1) is 12.4 Å². The number of amides is 1. The minimum absolute atomic E-state index is 0. The Morgan fingerprint density at radius 2 is 1.88 bits per heavy atom. The van der Waals surface area contributed by atoms with E-state index in [1.54, 1.807) is 12.1 Å². The molecule has 4 nitrogen and oxygen atoms in total. The molecule has 1 amide bonds. The summed E-state index contributed by atoms with van der Waals surface area (Å²) in [5, 5.41) is 6.19. The van der Waals surface area contributed by atoms with Crippen LogP contribution in [-0.4, -0.2) is 31.8 Å². The first-order valence-electron chi connectivity index (χ1n) is 8.59. The second kappa shape index (κ2) is 10.6. The van der Waals surface area contributed by atoms with Gasteiger partial charge in [0.25, 0.3) is 0 Å². The van der Waals surface area contributed by atoms with Crippen molar-refractivity contribution in [1.82, 2.24) is 10.6 Å². The summed E-state index contributed by atoms with van der Waals surface area (Å²) in [6.07, 6.45) is -1.64. The third-order valence-corrected chi connectivity index (χ3v) is 4.51. The molecule has 0 spiro atoms. The van der Waals surface area contributed by atoms with Gasteiger partial charge in [-0.2, -0.15) is 13.2 Å². The largest absolute Gasteiger partial charge is 0.484 e. The van der Waals surface area contributed by atoms with Crippen LogP contribution in [0.5, 0.6) is 5.75 Å². The Labute approximate surface area is 158 Å². The molecule has 1 unspecified atom stereocenters. The molecular formula is C18H26ClF3N2O2. The standard InChI is InChI=1S/C18H25F3N2O2.ClH/c1-13(15-6-8-22-9-7-15)10-17(24)23-11-14-2-4-16(5-3-14)25-12-18(19,20)21;/h2-5,13,15,22H,6-12H2,1H3,(H,23,24);1H. The lowest BCUT2D eigenvalue weighted by Crippen LogP contribution is -2.33. The average Bonchev–Trinajstić information content (AvgIpc) is 2.59. The summed E-state index contributed by atoms with van der Waals surface area (Å²) in [5.41, 5.74) is 0.822. The second-order valence-electron chi connectivity index (χ2n) is 6.59. The molecule has 1 atom stereocenters. The van der Waals surface area contributed by atoms with Crippen molar-refractivity contribution in [2.24, 2.45) is 11.8 Å². The maximum Gasteiger partial charge on any atom is 0.422 e. The highest BCUT2D eigenvalue weighted by molar-refractivity contribution is 5.85. The highest BCUT2D eigenvalue weighted by Gasteiger charge is 2.28. The van der Waals surface area contributed by atoms with Gasteiger partial charge in [0, 0.05) is 13.0 Å². The highest BCUT2D eigenvalue weighted by Crippen LogP contribution is 2.24. The van der Waals surface area contributed by atoms with E-state index in [-0.39, 0.29) is 24.1 Å². The fraction of sp³-hybridized carbons (Fsp3) is 0.611. The van der Waals surface area contributed by atoms with Gasteiger partial charge in [0.1, 0.15) is 5.75 Å². The molecule has 0 aliphatic carbocycles. The smallest absolute Gasteiger partial charge is 0.422 e. The van der Waals surface area contributed by atoms with E-state index in [4.69, 9.17) is 0 Å². The van der Waals surface area contributed by atoms with E-state index >= 15 is 0 Å². The van der Waals surface area contributed by atoms with Gasteiger partial charge in [-0.1, -0.05) is 19.1 Å². The van der Waals surface area contributed by atoms with Crippen LogP contribution < -0.4 is 15.4 Å². The van der Waals surface area contributed by atoms with Crippen LogP contribution in [0.1, 0.15) is 31.7 Å². The Balaban J connectivity index is 0.00000338. The Hall–Kier alpha value is -1.47. The SMILES string of the molecule is CC(CC(=O)NCc1ccc(OCC(F)(F)F)cc1)C1CCNCC1.Cl. The Bertz CT molecular complexity index is 546. The van der Waals surface area contributed by atoms with Crippen LogP contribution in [-0.2, 0) is 11.3 Å². The summed E-state index contributed by atoms with van der Waals surface area (Å²) in [7, 11) is 0. The monoisotopic (exact) mass is 394 g/mol. The molecule has 2 N–H and O–H groups in total. The molecule has 0 aromatic heterocycles. The summed E-state index contributed by atoms with van der Waals surface area (Å²) in [6, 6.07) is 6.26. The topological polar surface area (TPSA) is 50.4 Å². The first-order chi connectivity index (χ1) is 11.8. The van der Waals surface area contributed by atoms with E-state index < -0.39 is 12.8 Å². The van der Waals surface area contributed by atoms with E-state index in [1.807, 2.05) is 0 Å². The highest BCUT2D eigenvalue weighted by atomic mass is 35.5. The molecule has 26 heavy (non-hydrogen) atoms. The van der Waals surface area contributed by atoms with Gasteiger partial charge in [-0.25, -0.2) is 0 Å².